The van der Waals surface area contributed by atoms with Crippen LogP contribution in [0.3, 0.4) is 0 Å². The largest absolute Gasteiger partial charge is 0.300 e. The highest BCUT2D eigenvalue weighted by Crippen LogP contribution is 2.23. The molecule has 0 saturated heterocycles. The molecule has 1 rings (SSSR count). The zero-order valence-corrected chi connectivity index (χ0v) is 18.4. The molecule has 1 heteroatoms. The summed E-state index contributed by atoms with van der Waals surface area (Å²) in [5.74, 6) is 0.281. The van der Waals surface area contributed by atoms with E-state index in [-0.39, 0.29) is 5.78 Å². The molecule has 152 valence electrons. The van der Waals surface area contributed by atoms with Gasteiger partial charge in [0.1, 0.15) is 5.78 Å². The predicted octanol–water partition coefficient (Wildman–Crippen LogP) is 8.43. The molecule has 0 radical (unpaired) electrons. The Morgan fingerprint density at radius 3 is 1.59 bits per heavy atom. The van der Waals surface area contributed by atoms with E-state index in [1.807, 2.05) is 0 Å². The number of carbonyl (C=O) groups excluding carboxylic acids is 1. The van der Waals surface area contributed by atoms with Crippen LogP contribution in [0.1, 0.15) is 111 Å². The molecule has 0 bridgehead atoms. The van der Waals surface area contributed by atoms with Gasteiger partial charge in [-0.3, -0.25) is 0 Å². The van der Waals surface area contributed by atoms with Crippen LogP contribution in [0.15, 0.2) is 46.6 Å². The predicted molar refractivity (Wildman–Crippen MR) is 120 cm³/mol. The van der Waals surface area contributed by atoms with Crippen molar-refractivity contribution in [2.75, 3.05) is 0 Å². The topological polar surface area (TPSA) is 17.1 Å². The molecular formula is C26H42O. The van der Waals surface area contributed by atoms with E-state index in [9.17, 15) is 4.79 Å². The van der Waals surface area contributed by atoms with Crippen LogP contribution in [0.4, 0.5) is 0 Å². The fourth-order valence-electron chi connectivity index (χ4n) is 3.63. The number of carbonyl (C=O) groups is 1. The van der Waals surface area contributed by atoms with Gasteiger partial charge >= 0.3 is 0 Å². The third kappa shape index (κ3) is 13.4. The van der Waals surface area contributed by atoms with Crippen LogP contribution in [0.5, 0.6) is 0 Å². The summed E-state index contributed by atoms with van der Waals surface area (Å²) in [5, 5.41) is 0. The van der Waals surface area contributed by atoms with E-state index in [2.05, 4.69) is 45.1 Å². The Morgan fingerprint density at radius 2 is 1.11 bits per heavy atom. The van der Waals surface area contributed by atoms with E-state index in [1.165, 1.54) is 62.5 Å². The highest BCUT2D eigenvalue weighted by Gasteiger charge is 2.04. The standard InChI is InChI=1S/C26H42O/c1-22(12-8-14-23(2)16-10-18-25(4)27)13-9-15-24(3)17-11-21-26-19-6-5-7-20-26/h12,15-16,21H,5-11,13-14,17-20H2,1-4H3/b22-12+,23-16+,24-15+. The maximum absolute atomic E-state index is 11.0. The van der Waals surface area contributed by atoms with Crippen LogP contribution in [0, 0.1) is 0 Å². The molecule has 0 heterocycles. The molecule has 1 fully saturated rings. The molecule has 0 amide bonds. The zero-order valence-electron chi connectivity index (χ0n) is 18.4. The Morgan fingerprint density at radius 1 is 0.667 bits per heavy atom. The number of hydrogen-bond donors (Lipinski definition) is 0. The van der Waals surface area contributed by atoms with E-state index in [4.69, 9.17) is 0 Å². The molecule has 1 aliphatic rings. The summed E-state index contributed by atoms with van der Waals surface area (Å²) in [5.41, 5.74) is 6.15. The average Bonchev–Trinajstić information content (AvgIpc) is 2.62. The SMILES string of the molecule is CC(=O)CC/C=C(\C)CC/C=C(\C)CC/C=C(\C)CCC=C1CCCCC1. The van der Waals surface area contributed by atoms with Crippen molar-refractivity contribution >= 4 is 5.78 Å². The maximum atomic E-state index is 11.0. The molecule has 1 nitrogen and oxygen atoms in total. The first-order chi connectivity index (χ1) is 13.0. The lowest BCUT2D eigenvalue weighted by atomic mass is 9.93. The molecule has 0 aromatic carbocycles. The Balaban J connectivity index is 2.18. The van der Waals surface area contributed by atoms with Crippen LogP contribution in [-0.2, 0) is 4.79 Å². The minimum Gasteiger partial charge on any atom is -0.300 e. The van der Waals surface area contributed by atoms with Crippen LogP contribution in [-0.4, -0.2) is 5.78 Å². The van der Waals surface area contributed by atoms with E-state index in [0.29, 0.717) is 6.42 Å². The summed E-state index contributed by atoms with van der Waals surface area (Å²) in [6.45, 7) is 8.39. The third-order valence-corrected chi connectivity index (χ3v) is 5.52. The molecule has 0 atom stereocenters. The molecule has 1 saturated carbocycles. The maximum Gasteiger partial charge on any atom is 0.130 e. The smallest absolute Gasteiger partial charge is 0.130 e. The highest BCUT2D eigenvalue weighted by molar-refractivity contribution is 5.75. The molecular weight excluding hydrogens is 328 g/mol. The van der Waals surface area contributed by atoms with Crippen molar-refractivity contribution in [1.82, 2.24) is 0 Å². The number of rotatable bonds is 12. The van der Waals surface area contributed by atoms with Crippen molar-refractivity contribution in [1.29, 1.82) is 0 Å². The molecule has 27 heavy (non-hydrogen) atoms. The van der Waals surface area contributed by atoms with E-state index >= 15 is 0 Å². The Labute approximate surface area is 168 Å². The second-order valence-electron chi connectivity index (χ2n) is 8.43. The molecule has 0 spiro atoms. The van der Waals surface area contributed by atoms with Gasteiger partial charge in [0.05, 0.1) is 0 Å². The lowest BCUT2D eigenvalue weighted by Gasteiger charge is -2.13. The van der Waals surface area contributed by atoms with Crippen molar-refractivity contribution in [3.63, 3.8) is 0 Å². The summed E-state index contributed by atoms with van der Waals surface area (Å²) >= 11 is 0. The monoisotopic (exact) mass is 370 g/mol. The van der Waals surface area contributed by atoms with Gasteiger partial charge in [-0.05, 0) is 98.3 Å². The first-order valence-electron chi connectivity index (χ1n) is 11.1. The highest BCUT2D eigenvalue weighted by atomic mass is 16.1. The minimum absolute atomic E-state index is 0.281. The summed E-state index contributed by atoms with van der Waals surface area (Å²) < 4.78 is 0. The van der Waals surface area contributed by atoms with Crippen LogP contribution in [0.25, 0.3) is 0 Å². The third-order valence-electron chi connectivity index (χ3n) is 5.52. The quantitative estimate of drug-likeness (QED) is 0.315. The van der Waals surface area contributed by atoms with E-state index < -0.39 is 0 Å². The lowest BCUT2D eigenvalue weighted by Crippen LogP contribution is -1.93. The van der Waals surface area contributed by atoms with Gasteiger partial charge in [-0.1, -0.05) is 53.0 Å². The summed E-state index contributed by atoms with van der Waals surface area (Å²) in [6.07, 6.45) is 25.1. The minimum atomic E-state index is 0.281. The van der Waals surface area contributed by atoms with Gasteiger partial charge < -0.3 is 4.79 Å². The molecule has 0 unspecified atom stereocenters. The zero-order chi connectivity index (χ0) is 19.9. The van der Waals surface area contributed by atoms with Gasteiger partial charge in [0.25, 0.3) is 0 Å². The number of ketones is 1. The summed E-state index contributed by atoms with van der Waals surface area (Å²) in [4.78, 5) is 11.0. The van der Waals surface area contributed by atoms with Crippen molar-refractivity contribution in [2.24, 2.45) is 0 Å². The number of allylic oxidation sites excluding steroid dienone is 8. The van der Waals surface area contributed by atoms with Gasteiger partial charge in [-0.25, -0.2) is 0 Å². The van der Waals surface area contributed by atoms with E-state index in [0.717, 1.165) is 25.7 Å². The Hall–Kier alpha value is -1.37. The van der Waals surface area contributed by atoms with Crippen LogP contribution < -0.4 is 0 Å². The number of Topliss-reactive ketones (excluding diaryl/α,β-unsaturated/α-hetero) is 1. The first-order valence-corrected chi connectivity index (χ1v) is 11.1. The van der Waals surface area contributed by atoms with E-state index in [1.54, 1.807) is 18.1 Å². The number of hydrogen-bond acceptors (Lipinski definition) is 1. The Bertz CT molecular complexity index is 549. The van der Waals surface area contributed by atoms with Gasteiger partial charge in [0, 0.05) is 6.42 Å². The molecule has 1 aliphatic carbocycles. The molecule has 0 aromatic heterocycles. The van der Waals surface area contributed by atoms with Crippen molar-refractivity contribution in [3.8, 4) is 0 Å². The van der Waals surface area contributed by atoms with Gasteiger partial charge in [-0.2, -0.15) is 0 Å². The second kappa shape index (κ2) is 14.7. The van der Waals surface area contributed by atoms with Gasteiger partial charge in [-0.15, -0.1) is 0 Å². The average molecular weight is 371 g/mol. The van der Waals surface area contributed by atoms with Crippen molar-refractivity contribution < 1.29 is 4.79 Å². The van der Waals surface area contributed by atoms with Crippen LogP contribution in [0.2, 0.25) is 0 Å². The fraction of sp³-hybridized carbons (Fsp3) is 0.654. The Kier molecular flexibility index (Phi) is 12.9. The summed E-state index contributed by atoms with van der Waals surface area (Å²) in [7, 11) is 0. The van der Waals surface area contributed by atoms with Gasteiger partial charge in [0.15, 0.2) is 0 Å². The second-order valence-corrected chi connectivity index (χ2v) is 8.43. The van der Waals surface area contributed by atoms with Gasteiger partial charge in [0.2, 0.25) is 0 Å². The lowest BCUT2D eigenvalue weighted by molar-refractivity contribution is -0.116. The fourth-order valence-corrected chi connectivity index (χ4v) is 3.63. The summed E-state index contributed by atoms with van der Waals surface area (Å²) in [6, 6.07) is 0. The van der Waals surface area contributed by atoms with Crippen molar-refractivity contribution in [2.45, 2.75) is 111 Å². The normalized spacial score (nSPS) is 16.6. The molecule has 0 aliphatic heterocycles. The van der Waals surface area contributed by atoms with Crippen LogP contribution >= 0.6 is 0 Å². The van der Waals surface area contributed by atoms with Crippen molar-refractivity contribution in [3.05, 3.63) is 46.6 Å². The first kappa shape index (κ1) is 23.7. The molecule has 0 aromatic rings. The molecule has 0 N–H and O–H groups in total.